The zero-order valence-electron chi connectivity index (χ0n) is 14.6. The molecule has 0 radical (unpaired) electrons. The predicted octanol–water partition coefficient (Wildman–Crippen LogP) is 3.26. The van der Waals surface area contributed by atoms with Crippen LogP contribution in [0, 0.1) is 5.92 Å². The number of likely N-dealkylation sites (tertiary alicyclic amines) is 1. The van der Waals surface area contributed by atoms with Gasteiger partial charge in [-0.15, -0.1) is 0 Å². The van der Waals surface area contributed by atoms with Crippen LogP contribution in [0.5, 0.6) is 0 Å². The molecule has 2 aromatic carbocycles. The number of Topliss-reactive ketones (excluding diaryl/α,β-unsaturated/α-hetero) is 1. The first-order valence-electron chi connectivity index (χ1n) is 9.10. The fraction of sp³-hybridized carbons (Fsp3) is 0.333. The molecule has 2 heterocycles. The van der Waals surface area contributed by atoms with E-state index in [1.807, 2.05) is 6.07 Å². The van der Waals surface area contributed by atoms with Gasteiger partial charge in [-0.05, 0) is 55.5 Å². The van der Waals surface area contributed by atoms with Gasteiger partial charge in [0.15, 0.2) is 11.4 Å². The molecule has 5 heteroatoms. The Kier molecular flexibility index (Phi) is 4.71. The Morgan fingerprint density at radius 1 is 1.19 bits per heavy atom. The van der Waals surface area contributed by atoms with Gasteiger partial charge in [-0.25, -0.2) is 4.79 Å². The number of ketones is 1. The van der Waals surface area contributed by atoms with Gasteiger partial charge in [0, 0.05) is 12.1 Å². The maximum absolute atomic E-state index is 12.7. The van der Waals surface area contributed by atoms with E-state index in [2.05, 4.69) is 34.1 Å². The van der Waals surface area contributed by atoms with E-state index in [1.54, 1.807) is 18.2 Å². The van der Waals surface area contributed by atoms with E-state index in [-0.39, 0.29) is 5.78 Å². The molecule has 1 saturated heterocycles. The van der Waals surface area contributed by atoms with E-state index in [1.165, 1.54) is 12.0 Å². The Bertz CT molecular complexity index is 958. The van der Waals surface area contributed by atoms with Crippen LogP contribution < -0.4 is 5.76 Å². The van der Waals surface area contributed by atoms with Crippen LogP contribution in [-0.4, -0.2) is 35.3 Å². The number of carbonyl (C=O) groups is 1. The number of aromatic nitrogens is 1. The number of fused-ring (bicyclic) bond motifs is 1. The molecule has 0 saturated carbocycles. The van der Waals surface area contributed by atoms with Gasteiger partial charge in [-0.3, -0.25) is 14.7 Å². The van der Waals surface area contributed by atoms with E-state index >= 15 is 0 Å². The van der Waals surface area contributed by atoms with Crippen molar-refractivity contribution in [1.82, 2.24) is 9.88 Å². The second-order valence-electron chi connectivity index (χ2n) is 7.08. The SMILES string of the molecule is O=C(CN1CCCC(Cc2ccccc2)C1)c1ccc2[nH]c(=O)oc2c1. The molecule has 4 rings (SSSR count). The lowest BCUT2D eigenvalue weighted by Crippen LogP contribution is -2.39. The topological polar surface area (TPSA) is 66.3 Å². The van der Waals surface area contributed by atoms with Gasteiger partial charge in [-0.1, -0.05) is 30.3 Å². The average molecular weight is 350 g/mol. The summed E-state index contributed by atoms with van der Waals surface area (Å²) < 4.78 is 5.06. The Balaban J connectivity index is 1.40. The number of hydrogen-bond donors (Lipinski definition) is 1. The Morgan fingerprint density at radius 3 is 2.88 bits per heavy atom. The summed E-state index contributed by atoms with van der Waals surface area (Å²) in [5, 5.41) is 0. The minimum Gasteiger partial charge on any atom is -0.408 e. The summed E-state index contributed by atoms with van der Waals surface area (Å²) in [5.74, 6) is 0.157. The number of nitrogens with zero attached hydrogens (tertiary/aromatic N) is 1. The van der Waals surface area contributed by atoms with Crippen molar-refractivity contribution in [2.24, 2.45) is 5.92 Å². The first-order chi connectivity index (χ1) is 12.7. The van der Waals surface area contributed by atoms with Gasteiger partial charge >= 0.3 is 5.76 Å². The molecule has 1 N–H and O–H groups in total. The number of benzene rings is 2. The lowest BCUT2D eigenvalue weighted by Gasteiger charge is -2.32. The fourth-order valence-corrected chi connectivity index (χ4v) is 3.82. The van der Waals surface area contributed by atoms with E-state index in [9.17, 15) is 9.59 Å². The standard InChI is InChI=1S/C21H22N2O3/c24-19(17-8-9-18-20(12-17)26-21(25)22-18)14-23-10-4-7-16(13-23)11-15-5-2-1-3-6-15/h1-3,5-6,8-9,12,16H,4,7,10-11,13-14H2,(H,22,25). The number of rotatable bonds is 5. The summed E-state index contributed by atoms with van der Waals surface area (Å²) in [4.78, 5) is 28.8. The minimum atomic E-state index is -0.496. The molecule has 26 heavy (non-hydrogen) atoms. The lowest BCUT2D eigenvalue weighted by molar-refractivity contribution is 0.0886. The summed E-state index contributed by atoms with van der Waals surface area (Å²) in [6.45, 7) is 2.31. The highest BCUT2D eigenvalue weighted by Crippen LogP contribution is 2.21. The van der Waals surface area contributed by atoms with Gasteiger partial charge < -0.3 is 4.42 Å². The third kappa shape index (κ3) is 3.78. The smallest absolute Gasteiger partial charge is 0.408 e. The van der Waals surface area contributed by atoms with Gasteiger partial charge in [0.25, 0.3) is 0 Å². The molecule has 3 aromatic rings. The van der Waals surface area contributed by atoms with Crippen LogP contribution >= 0.6 is 0 Å². The monoisotopic (exact) mass is 350 g/mol. The molecule has 1 aliphatic heterocycles. The van der Waals surface area contributed by atoms with Crippen molar-refractivity contribution in [2.45, 2.75) is 19.3 Å². The van der Waals surface area contributed by atoms with Crippen molar-refractivity contribution in [3.05, 3.63) is 70.2 Å². The summed E-state index contributed by atoms with van der Waals surface area (Å²) in [6, 6.07) is 15.7. The highest BCUT2D eigenvalue weighted by atomic mass is 16.4. The largest absolute Gasteiger partial charge is 0.417 e. The molecule has 0 bridgehead atoms. The summed E-state index contributed by atoms with van der Waals surface area (Å²) >= 11 is 0. The van der Waals surface area contributed by atoms with E-state index in [0.29, 0.717) is 29.1 Å². The van der Waals surface area contributed by atoms with Gasteiger partial charge in [0.1, 0.15) is 0 Å². The average Bonchev–Trinajstić information content (AvgIpc) is 3.02. The van der Waals surface area contributed by atoms with Crippen LogP contribution in [0.4, 0.5) is 0 Å². The van der Waals surface area contributed by atoms with E-state index < -0.39 is 5.76 Å². The molecule has 5 nitrogen and oxygen atoms in total. The first kappa shape index (κ1) is 16.8. The maximum atomic E-state index is 12.7. The molecule has 1 aromatic heterocycles. The Hall–Kier alpha value is -2.66. The zero-order chi connectivity index (χ0) is 17.9. The van der Waals surface area contributed by atoms with Crippen molar-refractivity contribution in [2.75, 3.05) is 19.6 Å². The number of hydrogen-bond acceptors (Lipinski definition) is 4. The lowest BCUT2D eigenvalue weighted by atomic mass is 9.91. The van der Waals surface area contributed by atoms with Crippen LogP contribution in [0.25, 0.3) is 11.1 Å². The predicted molar refractivity (Wildman–Crippen MR) is 100 cm³/mol. The number of carbonyl (C=O) groups excluding carboxylic acids is 1. The van der Waals surface area contributed by atoms with Crippen molar-refractivity contribution in [3.63, 3.8) is 0 Å². The van der Waals surface area contributed by atoms with Gasteiger partial charge in [-0.2, -0.15) is 0 Å². The van der Waals surface area contributed by atoms with Crippen LogP contribution in [0.3, 0.4) is 0 Å². The highest BCUT2D eigenvalue weighted by Gasteiger charge is 2.22. The minimum absolute atomic E-state index is 0.0658. The van der Waals surface area contributed by atoms with Crippen LogP contribution in [-0.2, 0) is 6.42 Å². The molecule has 0 amide bonds. The molecule has 0 spiro atoms. The van der Waals surface area contributed by atoms with Gasteiger partial charge in [0.2, 0.25) is 0 Å². The first-order valence-corrected chi connectivity index (χ1v) is 9.10. The molecular formula is C21H22N2O3. The third-order valence-corrected chi connectivity index (χ3v) is 5.08. The molecule has 1 aliphatic rings. The maximum Gasteiger partial charge on any atom is 0.417 e. The Labute approximate surface area is 151 Å². The number of aromatic amines is 1. The quantitative estimate of drug-likeness (QED) is 0.717. The highest BCUT2D eigenvalue weighted by molar-refractivity contribution is 5.99. The van der Waals surface area contributed by atoms with Crippen LogP contribution in [0.15, 0.2) is 57.7 Å². The number of H-pyrrole nitrogens is 1. The molecular weight excluding hydrogens is 328 g/mol. The third-order valence-electron chi connectivity index (χ3n) is 5.08. The molecule has 134 valence electrons. The summed E-state index contributed by atoms with van der Waals surface area (Å²) in [6.07, 6.45) is 3.39. The van der Waals surface area contributed by atoms with E-state index in [0.717, 1.165) is 25.9 Å². The normalized spacial score (nSPS) is 18.2. The zero-order valence-corrected chi connectivity index (χ0v) is 14.6. The number of piperidine rings is 1. The number of oxazole rings is 1. The Morgan fingerprint density at radius 2 is 2.04 bits per heavy atom. The van der Waals surface area contributed by atoms with Crippen molar-refractivity contribution in [3.8, 4) is 0 Å². The van der Waals surface area contributed by atoms with Gasteiger partial charge in [0.05, 0.1) is 12.1 Å². The van der Waals surface area contributed by atoms with Crippen molar-refractivity contribution >= 4 is 16.9 Å². The summed E-state index contributed by atoms with van der Waals surface area (Å²) in [7, 11) is 0. The fourth-order valence-electron chi connectivity index (χ4n) is 3.82. The van der Waals surface area contributed by atoms with Crippen LogP contribution in [0.1, 0.15) is 28.8 Å². The molecule has 1 unspecified atom stereocenters. The van der Waals surface area contributed by atoms with E-state index in [4.69, 9.17) is 4.42 Å². The van der Waals surface area contributed by atoms with Crippen molar-refractivity contribution in [1.29, 1.82) is 0 Å². The second-order valence-corrected chi connectivity index (χ2v) is 7.08. The molecule has 0 aliphatic carbocycles. The summed E-state index contributed by atoms with van der Waals surface area (Å²) in [5.41, 5.74) is 3.00. The molecule has 1 atom stereocenters. The van der Waals surface area contributed by atoms with Crippen molar-refractivity contribution < 1.29 is 9.21 Å². The molecule has 1 fully saturated rings. The van der Waals surface area contributed by atoms with Crippen LogP contribution in [0.2, 0.25) is 0 Å². The number of nitrogens with one attached hydrogen (secondary N) is 1. The second kappa shape index (κ2) is 7.30.